The van der Waals surface area contributed by atoms with Gasteiger partial charge in [-0.25, -0.2) is 4.99 Å². The van der Waals surface area contributed by atoms with Crippen LogP contribution >= 0.6 is 0 Å². The van der Waals surface area contributed by atoms with Crippen molar-refractivity contribution in [2.75, 3.05) is 18.5 Å². The number of hydrogen-bond acceptors (Lipinski definition) is 3. The number of aryl methyl sites for hydroxylation is 1. The molecular weight excluding hydrogens is 314 g/mol. The average molecular weight is 337 g/mol. The summed E-state index contributed by atoms with van der Waals surface area (Å²) in [5.74, 6) is 0.252. The number of guanidine groups is 1. The highest BCUT2D eigenvalue weighted by molar-refractivity contribution is 6.09. The molecule has 25 heavy (non-hydrogen) atoms. The Morgan fingerprint density at radius 3 is 2.60 bits per heavy atom. The van der Waals surface area contributed by atoms with Crippen LogP contribution in [-0.4, -0.2) is 31.1 Å². The predicted molar refractivity (Wildman–Crippen MR) is 100.0 cm³/mol. The summed E-state index contributed by atoms with van der Waals surface area (Å²) >= 11 is 0. The Hall–Kier alpha value is -2.66. The van der Waals surface area contributed by atoms with E-state index in [4.69, 9.17) is 4.74 Å². The Morgan fingerprint density at radius 2 is 1.92 bits per heavy atom. The summed E-state index contributed by atoms with van der Waals surface area (Å²) in [5, 5.41) is 6.05. The van der Waals surface area contributed by atoms with Gasteiger partial charge in [0.05, 0.1) is 12.6 Å². The number of hydrogen-bond donors (Lipinski definition) is 2. The van der Waals surface area contributed by atoms with Crippen molar-refractivity contribution in [1.29, 1.82) is 0 Å². The number of amides is 1. The zero-order valence-electron chi connectivity index (χ0n) is 14.4. The number of rotatable bonds is 4. The van der Waals surface area contributed by atoms with Crippen LogP contribution in [0.1, 0.15) is 28.8 Å². The lowest BCUT2D eigenvalue weighted by Gasteiger charge is -2.13. The van der Waals surface area contributed by atoms with E-state index in [1.54, 1.807) is 0 Å². The van der Waals surface area contributed by atoms with E-state index in [9.17, 15) is 4.79 Å². The van der Waals surface area contributed by atoms with Crippen LogP contribution in [0.5, 0.6) is 0 Å². The topological polar surface area (TPSA) is 62.7 Å². The summed E-state index contributed by atoms with van der Waals surface area (Å²) in [7, 11) is 0. The second-order valence-electron chi connectivity index (χ2n) is 6.14. The standard InChI is InChI=1S/C20H23N3O2/c1-15-9-11-16(12-10-15)19(24)23-20(21-14-18-8-5-13-25-18)22-17-6-3-2-4-7-17/h2-4,6-7,9-12,18H,5,8,13-14H2,1H3,(H2,21,22,23,24)/t18-/m0/s1. The molecule has 5 heteroatoms. The van der Waals surface area contributed by atoms with Crippen molar-refractivity contribution in [3.63, 3.8) is 0 Å². The monoisotopic (exact) mass is 337 g/mol. The molecule has 0 spiro atoms. The molecule has 1 heterocycles. The number of aliphatic imine (C=N–C) groups is 1. The molecule has 1 amide bonds. The lowest BCUT2D eigenvalue weighted by Crippen LogP contribution is -2.36. The van der Waals surface area contributed by atoms with Crippen LogP contribution in [0.2, 0.25) is 0 Å². The van der Waals surface area contributed by atoms with Gasteiger partial charge in [-0.1, -0.05) is 35.9 Å². The van der Waals surface area contributed by atoms with Gasteiger partial charge in [0.15, 0.2) is 0 Å². The summed E-state index contributed by atoms with van der Waals surface area (Å²) in [6.45, 7) is 3.31. The van der Waals surface area contributed by atoms with Gasteiger partial charge in [0.25, 0.3) is 5.91 Å². The highest BCUT2D eigenvalue weighted by Crippen LogP contribution is 2.12. The molecule has 3 rings (SSSR count). The summed E-state index contributed by atoms with van der Waals surface area (Å²) in [4.78, 5) is 17.0. The predicted octanol–water partition coefficient (Wildman–Crippen LogP) is 3.37. The Labute approximate surface area is 148 Å². The molecule has 1 atom stereocenters. The van der Waals surface area contributed by atoms with Crippen molar-refractivity contribution in [2.24, 2.45) is 4.99 Å². The molecule has 0 bridgehead atoms. The van der Waals surface area contributed by atoms with E-state index < -0.39 is 0 Å². The Balaban J connectivity index is 1.71. The number of carbonyl (C=O) groups excluding carboxylic acids is 1. The molecule has 0 radical (unpaired) electrons. The first-order chi connectivity index (χ1) is 12.2. The second kappa shape index (κ2) is 8.44. The molecule has 0 saturated carbocycles. The van der Waals surface area contributed by atoms with Gasteiger partial charge < -0.3 is 10.1 Å². The molecule has 1 aliphatic heterocycles. The SMILES string of the molecule is Cc1ccc(C(=O)NC(=NC[C@@H]2CCCO2)Nc2ccccc2)cc1. The maximum atomic E-state index is 12.5. The van der Waals surface area contributed by atoms with Crippen molar-refractivity contribution in [2.45, 2.75) is 25.9 Å². The van der Waals surface area contributed by atoms with E-state index in [-0.39, 0.29) is 12.0 Å². The van der Waals surface area contributed by atoms with E-state index >= 15 is 0 Å². The number of carbonyl (C=O) groups is 1. The highest BCUT2D eigenvalue weighted by atomic mass is 16.5. The molecular formula is C20H23N3O2. The zero-order valence-corrected chi connectivity index (χ0v) is 14.4. The molecule has 130 valence electrons. The number of nitrogens with zero attached hydrogens (tertiary/aromatic N) is 1. The van der Waals surface area contributed by atoms with E-state index in [2.05, 4.69) is 15.6 Å². The van der Waals surface area contributed by atoms with Gasteiger partial charge >= 0.3 is 0 Å². The third-order valence-electron chi connectivity index (χ3n) is 4.06. The molecule has 0 aromatic heterocycles. The van der Waals surface area contributed by atoms with Gasteiger partial charge in [0.2, 0.25) is 5.96 Å². The van der Waals surface area contributed by atoms with E-state index in [0.29, 0.717) is 18.1 Å². The fraction of sp³-hybridized carbons (Fsp3) is 0.300. The molecule has 1 fully saturated rings. The second-order valence-corrected chi connectivity index (χ2v) is 6.14. The zero-order chi connectivity index (χ0) is 17.5. The smallest absolute Gasteiger partial charge is 0.257 e. The normalized spacial score (nSPS) is 17.3. The first kappa shape index (κ1) is 17.2. The van der Waals surface area contributed by atoms with Crippen molar-refractivity contribution >= 4 is 17.6 Å². The minimum atomic E-state index is -0.186. The number of nitrogens with one attached hydrogen (secondary N) is 2. The van der Waals surface area contributed by atoms with Crippen LogP contribution in [0.15, 0.2) is 59.6 Å². The molecule has 1 aliphatic rings. The van der Waals surface area contributed by atoms with Crippen molar-refractivity contribution in [3.8, 4) is 0 Å². The summed E-state index contributed by atoms with van der Waals surface area (Å²) in [6.07, 6.45) is 2.20. The van der Waals surface area contributed by atoms with Gasteiger partial charge in [-0.15, -0.1) is 0 Å². The molecule has 1 saturated heterocycles. The average Bonchev–Trinajstić information content (AvgIpc) is 3.14. The summed E-state index contributed by atoms with van der Waals surface area (Å²) in [6, 6.07) is 17.1. The molecule has 0 aliphatic carbocycles. The van der Waals surface area contributed by atoms with Gasteiger partial charge in [-0.2, -0.15) is 0 Å². The van der Waals surface area contributed by atoms with E-state index in [0.717, 1.165) is 30.7 Å². The van der Waals surface area contributed by atoms with E-state index in [1.165, 1.54) is 0 Å². The lowest BCUT2D eigenvalue weighted by molar-refractivity contribution is 0.0975. The minimum absolute atomic E-state index is 0.129. The van der Waals surface area contributed by atoms with Crippen molar-refractivity contribution in [3.05, 3.63) is 65.7 Å². The summed E-state index contributed by atoms with van der Waals surface area (Å²) in [5.41, 5.74) is 2.59. The first-order valence-electron chi connectivity index (χ1n) is 8.57. The third-order valence-corrected chi connectivity index (χ3v) is 4.06. The third kappa shape index (κ3) is 5.16. The quantitative estimate of drug-likeness (QED) is 0.664. The van der Waals surface area contributed by atoms with Crippen molar-refractivity contribution in [1.82, 2.24) is 5.32 Å². The lowest BCUT2D eigenvalue weighted by atomic mass is 10.1. The number of anilines is 1. The fourth-order valence-electron chi connectivity index (χ4n) is 2.63. The van der Waals surface area contributed by atoms with Crippen molar-refractivity contribution < 1.29 is 9.53 Å². The Morgan fingerprint density at radius 1 is 1.16 bits per heavy atom. The highest BCUT2D eigenvalue weighted by Gasteiger charge is 2.16. The molecule has 5 nitrogen and oxygen atoms in total. The van der Waals surface area contributed by atoms with Crippen LogP contribution in [0.3, 0.4) is 0 Å². The first-order valence-corrected chi connectivity index (χ1v) is 8.57. The Kier molecular flexibility index (Phi) is 5.80. The molecule has 0 unspecified atom stereocenters. The molecule has 2 aromatic carbocycles. The van der Waals surface area contributed by atoms with E-state index in [1.807, 2.05) is 61.5 Å². The van der Waals surface area contributed by atoms with Gasteiger partial charge in [-0.05, 0) is 44.0 Å². The fourth-order valence-corrected chi connectivity index (χ4v) is 2.63. The van der Waals surface area contributed by atoms with Crippen LogP contribution in [0, 0.1) is 6.92 Å². The van der Waals surface area contributed by atoms with Crippen LogP contribution < -0.4 is 10.6 Å². The minimum Gasteiger partial charge on any atom is -0.376 e. The maximum Gasteiger partial charge on any atom is 0.257 e. The number of benzene rings is 2. The van der Waals surface area contributed by atoms with Crippen LogP contribution in [0.4, 0.5) is 5.69 Å². The molecule has 2 N–H and O–H groups in total. The summed E-state index contributed by atoms with van der Waals surface area (Å²) < 4.78 is 5.61. The number of ether oxygens (including phenoxy) is 1. The van der Waals surface area contributed by atoms with Crippen LogP contribution in [-0.2, 0) is 4.74 Å². The number of para-hydroxylation sites is 1. The maximum absolute atomic E-state index is 12.5. The van der Waals surface area contributed by atoms with Crippen LogP contribution in [0.25, 0.3) is 0 Å². The largest absolute Gasteiger partial charge is 0.376 e. The molecule has 2 aromatic rings. The van der Waals surface area contributed by atoms with Gasteiger partial charge in [0, 0.05) is 17.9 Å². The van der Waals surface area contributed by atoms with Gasteiger partial charge in [-0.3, -0.25) is 10.1 Å². The van der Waals surface area contributed by atoms with Gasteiger partial charge in [0.1, 0.15) is 0 Å². The Bertz CT molecular complexity index is 720.